The number of rotatable bonds is 9. The molecule has 56 heavy (non-hydrogen) atoms. The highest BCUT2D eigenvalue weighted by molar-refractivity contribution is 6.23. The second-order valence-electron chi connectivity index (χ2n) is 13.8. The van der Waals surface area contributed by atoms with Crippen molar-refractivity contribution in [3.8, 4) is 0 Å². The minimum Gasteiger partial charge on any atom is -0.456 e. The summed E-state index contributed by atoms with van der Waals surface area (Å²) in [7, 11) is 0. The van der Waals surface area contributed by atoms with Crippen LogP contribution in [-0.2, 0) is 0 Å². The summed E-state index contributed by atoms with van der Waals surface area (Å²) in [6.45, 7) is 0. The predicted molar refractivity (Wildman–Crippen MR) is 235 cm³/mol. The number of hydrogen-bond acceptors (Lipinski definition) is 4. The van der Waals surface area contributed by atoms with E-state index in [1.165, 1.54) is 0 Å². The van der Waals surface area contributed by atoms with Gasteiger partial charge in [0, 0.05) is 73.8 Å². The highest BCUT2D eigenvalue weighted by Crippen LogP contribution is 2.47. The highest BCUT2D eigenvalue weighted by atomic mass is 16.3. The van der Waals surface area contributed by atoms with Crippen molar-refractivity contribution in [2.75, 3.05) is 14.7 Å². The molecule has 4 nitrogen and oxygen atoms in total. The first-order valence-electron chi connectivity index (χ1n) is 18.9. The van der Waals surface area contributed by atoms with Crippen LogP contribution in [0.25, 0.3) is 32.7 Å². The average molecular weight is 720 g/mol. The van der Waals surface area contributed by atoms with Crippen molar-refractivity contribution in [2.45, 2.75) is 0 Å². The van der Waals surface area contributed by atoms with Crippen LogP contribution in [0.5, 0.6) is 0 Å². The number of hydrogen-bond donors (Lipinski definition) is 0. The summed E-state index contributed by atoms with van der Waals surface area (Å²) in [5.41, 5.74) is 11.2. The first-order valence-corrected chi connectivity index (χ1v) is 18.9. The standard InChI is InChI=1S/C52H37N3O/c1-7-19-38(20-8-1)53(39-21-9-2-10-22-39)44-31-33-46-48(35-44)49(55(42-27-15-5-16-28-42)43-29-17-6-18-30-43)37-51-52(46)47-34-32-45(36-50(47)56-51)54(40-23-11-3-12-24-40)41-25-13-4-14-26-41/h1-37H. The van der Waals surface area contributed by atoms with Crippen molar-refractivity contribution < 1.29 is 4.42 Å². The van der Waals surface area contributed by atoms with Gasteiger partial charge < -0.3 is 19.1 Å². The number of furan rings is 1. The zero-order chi connectivity index (χ0) is 37.3. The van der Waals surface area contributed by atoms with Crippen LogP contribution in [0.3, 0.4) is 0 Å². The van der Waals surface area contributed by atoms with Crippen molar-refractivity contribution in [1.29, 1.82) is 0 Å². The first-order chi connectivity index (χ1) is 27.8. The molecule has 4 heteroatoms. The van der Waals surface area contributed by atoms with E-state index in [9.17, 15) is 0 Å². The molecule has 0 bridgehead atoms. The number of nitrogens with zero attached hydrogens (tertiary/aromatic N) is 3. The third kappa shape index (κ3) is 6.00. The van der Waals surface area contributed by atoms with E-state index in [2.05, 4.69) is 239 Å². The van der Waals surface area contributed by atoms with Crippen LogP contribution in [-0.4, -0.2) is 0 Å². The third-order valence-electron chi connectivity index (χ3n) is 10.4. The molecule has 0 saturated heterocycles. The van der Waals surface area contributed by atoms with Gasteiger partial charge in [0.1, 0.15) is 11.2 Å². The molecule has 266 valence electrons. The fraction of sp³-hybridized carbons (Fsp3) is 0. The molecule has 0 amide bonds. The lowest BCUT2D eigenvalue weighted by Crippen LogP contribution is -2.12. The summed E-state index contributed by atoms with van der Waals surface area (Å²) in [6.07, 6.45) is 0. The molecule has 10 rings (SSSR count). The molecule has 0 saturated carbocycles. The van der Waals surface area contributed by atoms with Crippen molar-refractivity contribution in [3.63, 3.8) is 0 Å². The molecule has 0 aliphatic rings. The smallest absolute Gasteiger partial charge is 0.138 e. The fourth-order valence-corrected chi connectivity index (χ4v) is 7.89. The Balaban J connectivity index is 1.24. The van der Waals surface area contributed by atoms with E-state index in [1.54, 1.807) is 0 Å². The van der Waals surface area contributed by atoms with E-state index in [4.69, 9.17) is 4.42 Å². The van der Waals surface area contributed by atoms with E-state index in [0.717, 1.165) is 83.9 Å². The molecular formula is C52H37N3O. The zero-order valence-electron chi connectivity index (χ0n) is 30.6. The topological polar surface area (TPSA) is 22.9 Å². The predicted octanol–water partition coefficient (Wildman–Crippen LogP) is 15.1. The summed E-state index contributed by atoms with van der Waals surface area (Å²) in [5, 5.41) is 4.40. The zero-order valence-corrected chi connectivity index (χ0v) is 30.6. The van der Waals surface area contributed by atoms with E-state index in [0.29, 0.717) is 0 Å². The highest BCUT2D eigenvalue weighted by Gasteiger charge is 2.23. The Hall–Kier alpha value is -7.56. The van der Waals surface area contributed by atoms with Gasteiger partial charge in [0.05, 0.1) is 5.69 Å². The SMILES string of the molecule is c1ccc(N(c2ccccc2)c2ccc3c(c2)oc2cc(N(c4ccccc4)c4ccccc4)c4cc(N(c5ccccc5)c5ccccc5)ccc4c23)cc1. The summed E-state index contributed by atoms with van der Waals surface area (Å²) in [6, 6.07) is 79.0. The van der Waals surface area contributed by atoms with E-state index >= 15 is 0 Å². The number of fused-ring (bicyclic) bond motifs is 5. The molecule has 1 heterocycles. The molecule has 9 aromatic carbocycles. The van der Waals surface area contributed by atoms with Crippen LogP contribution in [0, 0.1) is 0 Å². The molecule has 0 unspecified atom stereocenters. The Morgan fingerprint density at radius 3 is 1.02 bits per heavy atom. The number of para-hydroxylation sites is 6. The second kappa shape index (κ2) is 14.3. The van der Waals surface area contributed by atoms with Gasteiger partial charge in [-0.2, -0.15) is 0 Å². The summed E-state index contributed by atoms with van der Waals surface area (Å²) in [4.78, 5) is 6.94. The van der Waals surface area contributed by atoms with Crippen LogP contribution in [0.15, 0.2) is 229 Å². The molecular weight excluding hydrogens is 683 g/mol. The van der Waals surface area contributed by atoms with Gasteiger partial charge in [-0.25, -0.2) is 0 Å². The quantitative estimate of drug-likeness (QED) is 0.148. The minimum atomic E-state index is 0.832. The first kappa shape index (κ1) is 33.0. The molecule has 0 atom stereocenters. The lowest BCUT2D eigenvalue weighted by Gasteiger charge is -2.29. The van der Waals surface area contributed by atoms with E-state index < -0.39 is 0 Å². The maximum Gasteiger partial charge on any atom is 0.138 e. The van der Waals surface area contributed by atoms with Crippen LogP contribution < -0.4 is 14.7 Å². The van der Waals surface area contributed by atoms with E-state index in [-0.39, 0.29) is 0 Å². The minimum absolute atomic E-state index is 0.832. The molecule has 0 aliphatic heterocycles. The van der Waals surface area contributed by atoms with Gasteiger partial charge in [-0.3, -0.25) is 0 Å². The second-order valence-corrected chi connectivity index (χ2v) is 13.8. The average Bonchev–Trinajstić information content (AvgIpc) is 3.64. The van der Waals surface area contributed by atoms with E-state index in [1.807, 2.05) is 0 Å². The van der Waals surface area contributed by atoms with Gasteiger partial charge in [0.2, 0.25) is 0 Å². The van der Waals surface area contributed by atoms with Gasteiger partial charge in [-0.05, 0) is 102 Å². The molecule has 0 spiro atoms. The Morgan fingerprint density at radius 1 is 0.250 bits per heavy atom. The Kier molecular flexibility index (Phi) is 8.47. The Labute approximate surface area is 326 Å². The van der Waals surface area contributed by atoms with Crippen LogP contribution in [0.1, 0.15) is 0 Å². The maximum absolute atomic E-state index is 6.94. The molecule has 0 fully saturated rings. The Morgan fingerprint density at radius 2 is 0.607 bits per heavy atom. The van der Waals surface area contributed by atoms with Crippen molar-refractivity contribution in [2.24, 2.45) is 0 Å². The molecule has 10 aromatic rings. The van der Waals surface area contributed by atoms with Gasteiger partial charge >= 0.3 is 0 Å². The van der Waals surface area contributed by atoms with Crippen molar-refractivity contribution in [3.05, 3.63) is 224 Å². The van der Waals surface area contributed by atoms with Gasteiger partial charge in [-0.15, -0.1) is 0 Å². The summed E-state index contributed by atoms with van der Waals surface area (Å²) < 4.78 is 6.94. The fourth-order valence-electron chi connectivity index (χ4n) is 7.89. The summed E-state index contributed by atoms with van der Waals surface area (Å²) in [5.74, 6) is 0. The third-order valence-corrected chi connectivity index (χ3v) is 10.4. The summed E-state index contributed by atoms with van der Waals surface area (Å²) >= 11 is 0. The van der Waals surface area contributed by atoms with Gasteiger partial charge in [0.15, 0.2) is 0 Å². The molecule has 0 N–H and O–H groups in total. The lowest BCUT2D eigenvalue weighted by molar-refractivity contribution is 0.669. The van der Waals surface area contributed by atoms with Gasteiger partial charge in [0.25, 0.3) is 0 Å². The molecule has 0 aliphatic carbocycles. The van der Waals surface area contributed by atoms with Crippen molar-refractivity contribution >= 4 is 83.9 Å². The van der Waals surface area contributed by atoms with Crippen LogP contribution in [0.4, 0.5) is 51.2 Å². The number of anilines is 9. The van der Waals surface area contributed by atoms with Crippen LogP contribution in [0.2, 0.25) is 0 Å². The van der Waals surface area contributed by atoms with Gasteiger partial charge in [-0.1, -0.05) is 115 Å². The molecule has 1 aromatic heterocycles. The van der Waals surface area contributed by atoms with Crippen LogP contribution >= 0.6 is 0 Å². The Bertz CT molecular complexity index is 2780. The van der Waals surface area contributed by atoms with Crippen molar-refractivity contribution in [1.82, 2.24) is 0 Å². The largest absolute Gasteiger partial charge is 0.456 e. The lowest BCUT2D eigenvalue weighted by atomic mass is 9.99. The molecule has 0 radical (unpaired) electrons. The normalized spacial score (nSPS) is 11.2. The monoisotopic (exact) mass is 719 g/mol. The maximum atomic E-state index is 6.94. The number of benzene rings is 9.